The van der Waals surface area contributed by atoms with Crippen molar-refractivity contribution >= 4 is 5.91 Å². The lowest BCUT2D eigenvalue weighted by Crippen LogP contribution is -2.49. The lowest BCUT2D eigenvalue weighted by atomic mass is 10.1. The molecule has 0 spiro atoms. The largest absolute Gasteiger partial charge is 0.573 e. The molecule has 27 heavy (non-hydrogen) atoms. The van der Waals surface area contributed by atoms with Crippen LogP contribution < -0.4 is 14.2 Å². The maximum Gasteiger partial charge on any atom is 0.573 e. The molecule has 0 aromatic heterocycles. The highest BCUT2D eigenvalue weighted by Gasteiger charge is 2.36. The summed E-state index contributed by atoms with van der Waals surface area (Å²) in [5.74, 6) is 0.242. The Morgan fingerprint density at radius 3 is 2.33 bits per heavy atom. The topological polar surface area (TPSA) is 48.0 Å². The number of fused-ring (bicyclic) bond motifs is 1. The number of benzene rings is 2. The van der Waals surface area contributed by atoms with E-state index in [1.54, 1.807) is 37.3 Å². The molecule has 0 saturated carbocycles. The van der Waals surface area contributed by atoms with Crippen LogP contribution in [0.5, 0.6) is 17.2 Å². The minimum absolute atomic E-state index is 0.0701. The van der Waals surface area contributed by atoms with Gasteiger partial charge in [0.2, 0.25) is 6.10 Å². The highest BCUT2D eigenvalue weighted by atomic mass is 19.4. The number of carbonyl (C=O) groups excluding carboxylic acids is 1. The Bertz CT molecular complexity index is 825. The van der Waals surface area contributed by atoms with Crippen molar-refractivity contribution < 1.29 is 32.2 Å². The van der Waals surface area contributed by atoms with Crippen LogP contribution in [0.25, 0.3) is 0 Å². The average Bonchev–Trinajstić information content (AvgIpc) is 2.61. The second-order valence-corrected chi connectivity index (χ2v) is 6.16. The molecule has 0 aliphatic carbocycles. The lowest BCUT2D eigenvalue weighted by Gasteiger charge is -2.33. The van der Waals surface area contributed by atoms with E-state index in [0.717, 1.165) is 0 Å². The van der Waals surface area contributed by atoms with Gasteiger partial charge in [0.1, 0.15) is 11.9 Å². The number of para-hydroxylation sites is 3. The number of rotatable bonds is 4. The number of hydrogen-bond donors (Lipinski definition) is 0. The van der Waals surface area contributed by atoms with Crippen molar-refractivity contribution in [2.75, 3.05) is 7.05 Å². The van der Waals surface area contributed by atoms with Crippen molar-refractivity contribution in [2.45, 2.75) is 32.0 Å². The Labute approximate surface area is 154 Å². The van der Waals surface area contributed by atoms with Crippen molar-refractivity contribution in [2.24, 2.45) is 0 Å². The van der Waals surface area contributed by atoms with Gasteiger partial charge in [-0.15, -0.1) is 13.2 Å². The summed E-state index contributed by atoms with van der Waals surface area (Å²) in [5.41, 5.74) is 0.232. The highest BCUT2D eigenvalue weighted by Crippen LogP contribution is 2.34. The zero-order valence-corrected chi connectivity index (χ0v) is 14.7. The molecule has 1 amide bonds. The summed E-state index contributed by atoms with van der Waals surface area (Å²) in [6, 6.07) is 12.7. The Morgan fingerprint density at radius 1 is 1.07 bits per heavy atom. The fourth-order valence-corrected chi connectivity index (χ4v) is 2.80. The van der Waals surface area contributed by atoms with Gasteiger partial charge in [0.15, 0.2) is 11.5 Å². The van der Waals surface area contributed by atoms with Crippen LogP contribution in [-0.4, -0.2) is 36.4 Å². The Balaban J connectivity index is 1.74. The molecule has 2 aromatic rings. The van der Waals surface area contributed by atoms with Gasteiger partial charge in [-0.2, -0.15) is 0 Å². The van der Waals surface area contributed by atoms with Crippen molar-refractivity contribution in [1.29, 1.82) is 0 Å². The van der Waals surface area contributed by atoms with Crippen LogP contribution in [0.1, 0.15) is 12.5 Å². The first-order chi connectivity index (χ1) is 12.7. The first kappa shape index (κ1) is 18.9. The summed E-state index contributed by atoms with van der Waals surface area (Å²) in [6.07, 6.45) is -6.26. The second kappa shape index (κ2) is 7.38. The van der Waals surface area contributed by atoms with Crippen LogP contribution >= 0.6 is 0 Å². The van der Waals surface area contributed by atoms with Crippen LogP contribution in [0.2, 0.25) is 0 Å². The number of hydrogen-bond acceptors (Lipinski definition) is 4. The summed E-state index contributed by atoms with van der Waals surface area (Å²) in [4.78, 5) is 14.1. The molecule has 0 unspecified atom stereocenters. The van der Waals surface area contributed by atoms with Crippen molar-refractivity contribution in [3.05, 3.63) is 54.1 Å². The average molecular weight is 381 g/mol. The van der Waals surface area contributed by atoms with Gasteiger partial charge in [-0.3, -0.25) is 4.79 Å². The standard InChI is InChI=1S/C19H18F3NO4/c1-12-17(26-16-10-6-5-9-15(16)25-12)18(24)23(2)11-13-7-3-4-8-14(13)27-19(20,21)22/h3-10,12,17H,11H2,1-2H3/t12-,17+/m0/s1. The predicted molar refractivity (Wildman–Crippen MR) is 90.5 cm³/mol. The first-order valence-corrected chi connectivity index (χ1v) is 8.25. The summed E-state index contributed by atoms with van der Waals surface area (Å²) in [5, 5.41) is 0. The third-order valence-electron chi connectivity index (χ3n) is 4.07. The molecular formula is C19H18F3NO4. The van der Waals surface area contributed by atoms with Crippen LogP contribution in [0.3, 0.4) is 0 Å². The van der Waals surface area contributed by atoms with E-state index >= 15 is 0 Å². The fraction of sp³-hybridized carbons (Fsp3) is 0.316. The van der Waals surface area contributed by atoms with Gasteiger partial charge >= 0.3 is 6.36 Å². The van der Waals surface area contributed by atoms with Gasteiger partial charge in [-0.25, -0.2) is 0 Å². The first-order valence-electron chi connectivity index (χ1n) is 8.25. The molecule has 0 N–H and O–H groups in total. The van der Waals surface area contributed by atoms with Crippen LogP contribution in [0.4, 0.5) is 13.2 Å². The molecule has 0 fully saturated rings. The monoisotopic (exact) mass is 381 g/mol. The number of halogens is 3. The van der Waals surface area contributed by atoms with Gasteiger partial charge < -0.3 is 19.1 Å². The van der Waals surface area contributed by atoms with Gasteiger partial charge in [-0.05, 0) is 25.1 Å². The Hall–Kier alpha value is -2.90. The smallest absolute Gasteiger partial charge is 0.482 e. The van der Waals surface area contributed by atoms with E-state index in [1.165, 1.54) is 30.1 Å². The summed E-state index contributed by atoms with van der Waals surface area (Å²) in [6.45, 7) is 1.63. The van der Waals surface area contributed by atoms with Crippen molar-refractivity contribution in [3.8, 4) is 17.2 Å². The van der Waals surface area contributed by atoms with Crippen LogP contribution in [-0.2, 0) is 11.3 Å². The molecule has 144 valence electrons. The number of amides is 1. The predicted octanol–water partition coefficient (Wildman–Crippen LogP) is 3.77. The molecule has 1 aliphatic rings. The van der Waals surface area contributed by atoms with Gasteiger partial charge in [0.05, 0.1) is 0 Å². The van der Waals surface area contributed by atoms with Gasteiger partial charge in [0.25, 0.3) is 5.91 Å². The third-order valence-corrected chi connectivity index (χ3v) is 4.07. The Kier molecular flexibility index (Phi) is 5.16. The second-order valence-electron chi connectivity index (χ2n) is 6.16. The zero-order chi connectivity index (χ0) is 19.6. The fourth-order valence-electron chi connectivity index (χ4n) is 2.80. The maximum atomic E-state index is 12.8. The number of alkyl halides is 3. The lowest BCUT2D eigenvalue weighted by molar-refractivity contribution is -0.275. The van der Waals surface area contributed by atoms with E-state index in [1.807, 2.05) is 0 Å². The molecule has 3 rings (SSSR count). The summed E-state index contributed by atoms with van der Waals surface area (Å²) >= 11 is 0. The zero-order valence-electron chi connectivity index (χ0n) is 14.7. The Morgan fingerprint density at radius 2 is 1.67 bits per heavy atom. The molecule has 8 heteroatoms. The van der Waals surface area contributed by atoms with Crippen molar-refractivity contribution in [3.63, 3.8) is 0 Å². The summed E-state index contributed by atoms with van der Waals surface area (Å²) < 4.78 is 53.2. The van der Waals surface area contributed by atoms with E-state index in [4.69, 9.17) is 9.47 Å². The quantitative estimate of drug-likeness (QED) is 0.809. The number of ether oxygens (including phenoxy) is 3. The minimum Gasteiger partial charge on any atom is -0.482 e. The molecule has 5 nitrogen and oxygen atoms in total. The SMILES string of the molecule is C[C@@H]1Oc2ccccc2O[C@H]1C(=O)N(C)Cc1ccccc1OC(F)(F)F. The van der Waals surface area contributed by atoms with E-state index < -0.39 is 24.5 Å². The molecule has 1 heterocycles. The molecule has 0 saturated heterocycles. The molecule has 0 radical (unpaired) electrons. The summed E-state index contributed by atoms with van der Waals surface area (Å²) in [7, 11) is 1.49. The van der Waals surface area contributed by atoms with E-state index in [-0.39, 0.29) is 17.9 Å². The third kappa shape index (κ3) is 4.45. The molecule has 2 aromatic carbocycles. The number of likely N-dealkylation sites (N-methyl/N-ethyl adjacent to an activating group) is 1. The number of nitrogens with zero attached hydrogens (tertiary/aromatic N) is 1. The van der Waals surface area contributed by atoms with Gasteiger partial charge in [-0.1, -0.05) is 30.3 Å². The van der Waals surface area contributed by atoms with E-state index in [9.17, 15) is 18.0 Å². The van der Waals surface area contributed by atoms with Crippen LogP contribution in [0, 0.1) is 0 Å². The number of carbonyl (C=O) groups is 1. The van der Waals surface area contributed by atoms with E-state index in [2.05, 4.69) is 4.74 Å². The molecule has 1 aliphatic heterocycles. The molecule has 2 atom stereocenters. The van der Waals surface area contributed by atoms with Crippen molar-refractivity contribution in [1.82, 2.24) is 4.90 Å². The van der Waals surface area contributed by atoms with Gasteiger partial charge in [0, 0.05) is 19.2 Å². The van der Waals surface area contributed by atoms with E-state index in [0.29, 0.717) is 11.5 Å². The maximum absolute atomic E-state index is 12.8. The highest BCUT2D eigenvalue weighted by molar-refractivity contribution is 5.82. The normalized spacial score (nSPS) is 18.7. The van der Waals surface area contributed by atoms with Crippen LogP contribution in [0.15, 0.2) is 48.5 Å². The molecular weight excluding hydrogens is 363 g/mol. The molecule has 0 bridgehead atoms. The minimum atomic E-state index is -4.81.